The number of benzene rings is 1. The second-order valence-electron chi connectivity index (χ2n) is 4.25. The summed E-state index contributed by atoms with van der Waals surface area (Å²) in [7, 11) is -3.25. The molecule has 17 heavy (non-hydrogen) atoms. The number of aliphatic hydroxyl groups is 1. The Morgan fingerprint density at radius 2 is 2.12 bits per heavy atom. The van der Waals surface area contributed by atoms with Crippen LogP contribution in [0.5, 0.6) is 0 Å². The Bertz CT molecular complexity index is 498. The molecular formula is C12H17NO3S. The molecule has 2 rings (SSSR count). The van der Waals surface area contributed by atoms with E-state index in [0.29, 0.717) is 30.6 Å². The van der Waals surface area contributed by atoms with Crippen LogP contribution in [0.1, 0.15) is 31.4 Å². The molecule has 94 valence electrons. The second kappa shape index (κ2) is 4.66. The lowest BCUT2D eigenvalue weighted by atomic mass is 10.0. The number of aliphatic hydroxyl groups excluding tert-OH is 1. The molecular weight excluding hydrogens is 238 g/mol. The van der Waals surface area contributed by atoms with Crippen LogP contribution in [0.2, 0.25) is 0 Å². The normalized spacial score (nSPS) is 20.1. The van der Waals surface area contributed by atoms with E-state index in [0.717, 1.165) is 0 Å². The average Bonchev–Trinajstić information content (AvgIpc) is 2.29. The fourth-order valence-corrected chi connectivity index (χ4v) is 3.75. The van der Waals surface area contributed by atoms with Crippen LogP contribution in [0.15, 0.2) is 24.3 Å². The maximum atomic E-state index is 12.1. The van der Waals surface area contributed by atoms with Crippen molar-refractivity contribution in [1.29, 1.82) is 0 Å². The first kappa shape index (κ1) is 12.4. The number of para-hydroxylation sites is 1. The summed E-state index contributed by atoms with van der Waals surface area (Å²) >= 11 is 0. The highest BCUT2D eigenvalue weighted by atomic mass is 32.2. The van der Waals surface area contributed by atoms with Gasteiger partial charge in [-0.15, -0.1) is 0 Å². The zero-order chi connectivity index (χ0) is 12.5. The van der Waals surface area contributed by atoms with Gasteiger partial charge in [0, 0.05) is 12.1 Å². The molecule has 0 saturated carbocycles. The van der Waals surface area contributed by atoms with Gasteiger partial charge in [0.25, 0.3) is 0 Å². The van der Waals surface area contributed by atoms with Crippen LogP contribution in [0.3, 0.4) is 0 Å². The van der Waals surface area contributed by atoms with Crippen LogP contribution in [0, 0.1) is 0 Å². The monoisotopic (exact) mass is 255 g/mol. The lowest BCUT2D eigenvalue weighted by Gasteiger charge is -2.32. The van der Waals surface area contributed by atoms with Crippen molar-refractivity contribution in [2.24, 2.45) is 0 Å². The summed E-state index contributed by atoms with van der Waals surface area (Å²) < 4.78 is 25.6. The van der Waals surface area contributed by atoms with Crippen LogP contribution < -0.4 is 4.31 Å². The van der Waals surface area contributed by atoms with Gasteiger partial charge in [-0.05, 0) is 18.9 Å². The van der Waals surface area contributed by atoms with Crippen LogP contribution >= 0.6 is 0 Å². The standard InChI is InChI=1S/C12H17NO3S/c1-2-9-17(15,16)13-8-7-12(14)10-5-3-4-6-11(10)13/h3-6,12,14H,2,7-9H2,1H3. The lowest BCUT2D eigenvalue weighted by molar-refractivity contribution is 0.166. The van der Waals surface area contributed by atoms with Gasteiger partial charge in [0.1, 0.15) is 0 Å². The van der Waals surface area contributed by atoms with Crippen LogP contribution in [-0.4, -0.2) is 25.8 Å². The average molecular weight is 255 g/mol. The Labute approximate surface area is 102 Å². The summed E-state index contributed by atoms with van der Waals surface area (Å²) in [4.78, 5) is 0. The molecule has 1 unspecified atom stereocenters. The number of hydrogen-bond donors (Lipinski definition) is 1. The molecule has 0 bridgehead atoms. The lowest BCUT2D eigenvalue weighted by Crippen LogP contribution is -2.38. The molecule has 1 atom stereocenters. The van der Waals surface area contributed by atoms with Crippen molar-refractivity contribution < 1.29 is 13.5 Å². The smallest absolute Gasteiger partial charge is 0.235 e. The van der Waals surface area contributed by atoms with Gasteiger partial charge >= 0.3 is 0 Å². The van der Waals surface area contributed by atoms with Gasteiger partial charge in [-0.25, -0.2) is 8.42 Å². The molecule has 1 aliphatic rings. The van der Waals surface area contributed by atoms with Gasteiger partial charge < -0.3 is 5.11 Å². The van der Waals surface area contributed by atoms with Crippen molar-refractivity contribution in [3.8, 4) is 0 Å². The van der Waals surface area contributed by atoms with E-state index in [1.807, 2.05) is 13.0 Å². The molecule has 0 fully saturated rings. The van der Waals surface area contributed by atoms with Crippen molar-refractivity contribution >= 4 is 15.7 Å². The second-order valence-corrected chi connectivity index (χ2v) is 6.26. The molecule has 1 heterocycles. The summed E-state index contributed by atoms with van der Waals surface area (Å²) in [5.41, 5.74) is 1.33. The predicted octanol–water partition coefficient (Wildman–Crippen LogP) is 1.67. The van der Waals surface area contributed by atoms with Crippen molar-refractivity contribution in [2.45, 2.75) is 25.9 Å². The SMILES string of the molecule is CCCS(=O)(=O)N1CCC(O)c2ccccc21. The largest absolute Gasteiger partial charge is 0.388 e. The zero-order valence-electron chi connectivity index (χ0n) is 9.83. The van der Waals surface area contributed by atoms with Crippen molar-refractivity contribution in [2.75, 3.05) is 16.6 Å². The van der Waals surface area contributed by atoms with Crippen molar-refractivity contribution in [1.82, 2.24) is 0 Å². The number of nitrogens with zero attached hydrogens (tertiary/aromatic N) is 1. The third-order valence-electron chi connectivity index (χ3n) is 2.97. The van der Waals surface area contributed by atoms with Gasteiger partial charge in [-0.2, -0.15) is 0 Å². The van der Waals surface area contributed by atoms with Gasteiger partial charge in [0.05, 0.1) is 17.5 Å². The molecule has 4 nitrogen and oxygen atoms in total. The first-order chi connectivity index (χ1) is 8.06. The maximum absolute atomic E-state index is 12.1. The number of rotatable bonds is 3. The predicted molar refractivity (Wildman–Crippen MR) is 67.4 cm³/mol. The molecule has 0 aliphatic carbocycles. The van der Waals surface area contributed by atoms with Gasteiger partial charge in [0.2, 0.25) is 10.0 Å². The van der Waals surface area contributed by atoms with Crippen molar-refractivity contribution in [3.05, 3.63) is 29.8 Å². The van der Waals surface area contributed by atoms with Crippen LogP contribution in [-0.2, 0) is 10.0 Å². The van der Waals surface area contributed by atoms with E-state index < -0.39 is 16.1 Å². The highest BCUT2D eigenvalue weighted by Gasteiger charge is 2.30. The number of fused-ring (bicyclic) bond motifs is 1. The van der Waals surface area contributed by atoms with E-state index in [2.05, 4.69) is 0 Å². The first-order valence-electron chi connectivity index (χ1n) is 5.83. The van der Waals surface area contributed by atoms with Gasteiger partial charge in [-0.3, -0.25) is 4.31 Å². The Morgan fingerprint density at radius 1 is 1.41 bits per heavy atom. The highest BCUT2D eigenvalue weighted by molar-refractivity contribution is 7.92. The molecule has 1 aliphatic heterocycles. The Balaban J connectivity index is 2.43. The minimum Gasteiger partial charge on any atom is -0.388 e. The van der Waals surface area contributed by atoms with Gasteiger partial charge in [0.15, 0.2) is 0 Å². The van der Waals surface area contributed by atoms with E-state index in [9.17, 15) is 13.5 Å². The molecule has 5 heteroatoms. The third kappa shape index (κ3) is 2.30. The summed E-state index contributed by atoms with van der Waals surface area (Å²) in [5.74, 6) is 0.150. The van der Waals surface area contributed by atoms with E-state index in [1.54, 1.807) is 18.2 Å². The quantitative estimate of drug-likeness (QED) is 0.893. The Hall–Kier alpha value is -1.07. The molecule has 0 amide bonds. The molecule has 0 radical (unpaired) electrons. The summed E-state index contributed by atoms with van der Waals surface area (Å²) in [6.07, 6.45) is 0.503. The molecule has 0 spiro atoms. The third-order valence-corrected chi connectivity index (χ3v) is 4.94. The minimum atomic E-state index is -3.25. The van der Waals surface area contributed by atoms with E-state index in [4.69, 9.17) is 0 Å². The Kier molecular flexibility index (Phi) is 3.40. The molecule has 0 aromatic heterocycles. The van der Waals surface area contributed by atoms with Crippen LogP contribution in [0.25, 0.3) is 0 Å². The number of anilines is 1. The first-order valence-corrected chi connectivity index (χ1v) is 7.44. The molecule has 1 aromatic rings. The number of hydrogen-bond acceptors (Lipinski definition) is 3. The Morgan fingerprint density at radius 3 is 2.82 bits per heavy atom. The number of sulfonamides is 1. The fraction of sp³-hybridized carbons (Fsp3) is 0.500. The fourth-order valence-electron chi connectivity index (χ4n) is 2.17. The summed E-state index contributed by atoms with van der Waals surface area (Å²) in [5, 5.41) is 9.85. The van der Waals surface area contributed by atoms with Crippen molar-refractivity contribution in [3.63, 3.8) is 0 Å². The zero-order valence-corrected chi connectivity index (χ0v) is 10.7. The van der Waals surface area contributed by atoms with Gasteiger partial charge in [-0.1, -0.05) is 25.1 Å². The van der Waals surface area contributed by atoms with E-state index in [1.165, 1.54) is 4.31 Å². The molecule has 1 aromatic carbocycles. The van der Waals surface area contributed by atoms with E-state index >= 15 is 0 Å². The topological polar surface area (TPSA) is 57.6 Å². The minimum absolute atomic E-state index is 0.150. The highest BCUT2D eigenvalue weighted by Crippen LogP contribution is 2.35. The van der Waals surface area contributed by atoms with E-state index in [-0.39, 0.29) is 5.75 Å². The molecule has 0 saturated heterocycles. The summed E-state index contributed by atoms with van der Waals surface area (Å²) in [6, 6.07) is 7.15. The maximum Gasteiger partial charge on any atom is 0.235 e. The summed E-state index contributed by atoms with van der Waals surface area (Å²) in [6.45, 7) is 2.21. The molecule has 1 N–H and O–H groups in total. The van der Waals surface area contributed by atoms with Crippen LogP contribution in [0.4, 0.5) is 5.69 Å².